The number of carbonyl (C=O) groups is 2. The lowest BCUT2D eigenvalue weighted by Crippen LogP contribution is -2.36. The fourth-order valence-electron chi connectivity index (χ4n) is 4.07. The van der Waals surface area contributed by atoms with Gasteiger partial charge in [-0.3, -0.25) is 4.79 Å². The van der Waals surface area contributed by atoms with Gasteiger partial charge in [0.1, 0.15) is 18.0 Å². The molecule has 0 bridgehead atoms. The summed E-state index contributed by atoms with van der Waals surface area (Å²) in [6.07, 6.45) is 2.98. The Morgan fingerprint density at radius 2 is 1.83 bits per heavy atom. The van der Waals surface area contributed by atoms with Crippen LogP contribution in [-0.4, -0.2) is 58.2 Å². The first-order valence-corrected chi connectivity index (χ1v) is 11.5. The molecule has 36 heavy (non-hydrogen) atoms. The third-order valence-corrected chi connectivity index (χ3v) is 5.88. The molecule has 1 amide bonds. The van der Waals surface area contributed by atoms with E-state index in [4.69, 9.17) is 4.74 Å². The molecule has 3 N–H and O–H groups in total. The van der Waals surface area contributed by atoms with Crippen LogP contribution >= 0.6 is 0 Å². The van der Waals surface area contributed by atoms with E-state index in [1.807, 2.05) is 24.3 Å². The van der Waals surface area contributed by atoms with Crippen LogP contribution in [0.5, 0.6) is 0 Å². The number of hydrogen-bond donors (Lipinski definition) is 3. The van der Waals surface area contributed by atoms with Gasteiger partial charge in [0.15, 0.2) is 0 Å². The van der Waals surface area contributed by atoms with E-state index in [0.29, 0.717) is 47.7 Å². The van der Waals surface area contributed by atoms with Gasteiger partial charge in [0, 0.05) is 42.5 Å². The van der Waals surface area contributed by atoms with Gasteiger partial charge in [-0.2, -0.15) is 0 Å². The van der Waals surface area contributed by atoms with Crippen molar-refractivity contribution >= 4 is 40.1 Å². The van der Waals surface area contributed by atoms with Crippen molar-refractivity contribution in [2.75, 3.05) is 41.8 Å². The van der Waals surface area contributed by atoms with Crippen LogP contribution in [0.3, 0.4) is 0 Å². The van der Waals surface area contributed by atoms with E-state index in [-0.39, 0.29) is 11.5 Å². The van der Waals surface area contributed by atoms with Gasteiger partial charge in [-0.25, -0.2) is 19.7 Å². The molecule has 5 rings (SSSR count). The molecule has 0 spiro atoms. The molecule has 1 aliphatic heterocycles. The van der Waals surface area contributed by atoms with Crippen LogP contribution in [0.25, 0.3) is 10.9 Å². The highest BCUT2D eigenvalue weighted by Crippen LogP contribution is 2.23. The van der Waals surface area contributed by atoms with Crippen molar-refractivity contribution in [2.24, 2.45) is 0 Å². The maximum atomic E-state index is 12.9. The maximum Gasteiger partial charge on any atom is 0.337 e. The fraction of sp³-hybridized carbons (Fsp3) is 0.192. The lowest BCUT2D eigenvalue weighted by atomic mass is 10.1. The highest BCUT2D eigenvalue weighted by atomic mass is 16.5. The largest absolute Gasteiger partial charge is 0.478 e. The Labute approximate surface area is 207 Å². The van der Waals surface area contributed by atoms with Crippen LogP contribution in [0.15, 0.2) is 67.1 Å². The number of carboxylic acids is 1. The molecule has 0 radical (unpaired) electrons. The molecule has 3 heterocycles. The van der Waals surface area contributed by atoms with Crippen molar-refractivity contribution in [1.29, 1.82) is 0 Å². The zero-order valence-electron chi connectivity index (χ0n) is 19.3. The van der Waals surface area contributed by atoms with E-state index < -0.39 is 5.97 Å². The molecule has 182 valence electrons. The van der Waals surface area contributed by atoms with Gasteiger partial charge < -0.3 is 25.4 Å². The number of nitrogens with zero attached hydrogens (tertiary/aromatic N) is 4. The van der Waals surface area contributed by atoms with E-state index in [1.165, 1.54) is 12.4 Å². The summed E-state index contributed by atoms with van der Waals surface area (Å²) in [4.78, 5) is 39.3. The molecule has 0 saturated carbocycles. The first kappa shape index (κ1) is 23.2. The maximum absolute atomic E-state index is 12.9. The second-order valence-corrected chi connectivity index (χ2v) is 8.24. The number of aromatic carboxylic acids is 1. The van der Waals surface area contributed by atoms with E-state index >= 15 is 0 Å². The van der Waals surface area contributed by atoms with Gasteiger partial charge >= 0.3 is 5.97 Å². The van der Waals surface area contributed by atoms with Crippen LogP contribution < -0.4 is 15.5 Å². The molecule has 10 heteroatoms. The summed E-state index contributed by atoms with van der Waals surface area (Å²) in [5, 5.41) is 16.2. The minimum atomic E-state index is -1.04. The van der Waals surface area contributed by atoms with E-state index in [0.717, 1.165) is 24.5 Å². The summed E-state index contributed by atoms with van der Waals surface area (Å²) in [6, 6.07) is 15.9. The number of para-hydroxylation sites is 1. The smallest absolute Gasteiger partial charge is 0.337 e. The fourth-order valence-corrected chi connectivity index (χ4v) is 4.07. The number of hydrogen-bond acceptors (Lipinski definition) is 8. The first-order valence-electron chi connectivity index (χ1n) is 11.5. The molecule has 1 aliphatic rings. The van der Waals surface area contributed by atoms with Crippen molar-refractivity contribution < 1.29 is 19.4 Å². The van der Waals surface area contributed by atoms with Gasteiger partial charge in [0.05, 0.1) is 24.3 Å². The number of anilines is 3. The molecular weight excluding hydrogens is 460 g/mol. The Bertz CT molecular complexity index is 1420. The van der Waals surface area contributed by atoms with Crippen LogP contribution in [-0.2, 0) is 11.3 Å². The lowest BCUT2D eigenvalue weighted by molar-refractivity contribution is 0.0698. The van der Waals surface area contributed by atoms with Gasteiger partial charge in [0.25, 0.3) is 5.91 Å². The highest BCUT2D eigenvalue weighted by molar-refractivity contribution is 6.05. The Hall–Kier alpha value is -4.57. The van der Waals surface area contributed by atoms with Crippen molar-refractivity contribution in [2.45, 2.75) is 6.54 Å². The lowest BCUT2D eigenvalue weighted by Gasteiger charge is -2.27. The zero-order valence-corrected chi connectivity index (χ0v) is 19.3. The van der Waals surface area contributed by atoms with Gasteiger partial charge in [-0.15, -0.1) is 0 Å². The number of nitrogens with one attached hydrogen (secondary N) is 2. The molecular formula is C26H24N6O4. The van der Waals surface area contributed by atoms with Gasteiger partial charge in [-0.1, -0.05) is 18.2 Å². The molecule has 0 aliphatic carbocycles. The monoisotopic (exact) mass is 484 g/mol. The summed E-state index contributed by atoms with van der Waals surface area (Å²) in [7, 11) is 0. The quantitative estimate of drug-likeness (QED) is 0.361. The topological polar surface area (TPSA) is 130 Å². The summed E-state index contributed by atoms with van der Waals surface area (Å²) in [6.45, 7) is 3.19. The van der Waals surface area contributed by atoms with Crippen molar-refractivity contribution in [3.05, 3.63) is 83.8 Å². The number of rotatable bonds is 7. The third kappa shape index (κ3) is 5.08. The molecule has 4 aromatic rings. The SMILES string of the molecule is O=C(Nc1cccc(CNc2ncnc3c(C(=O)O)cccc23)c1)c1ccnc(N2CCOCC2)c1. The second-order valence-electron chi connectivity index (χ2n) is 8.24. The number of fused-ring (bicyclic) bond motifs is 1. The molecule has 1 fully saturated rings. The number of benzene rings is 2. The Balaban J connectivity index is 1.28. The number of carbonyl (C=O) groups excluding carboxylic acids is 1. The Kier molecular flexibility index (Phi) is 6.67. The number of morpholine rings is 1. The molecule has 0 unspecified atom stereocenters. The van der Waals surface area contributed by atoms with E-state index in [9.17, 15) is 14.7 Å². The standard InChI is InChI=1S/C26H24N6O4/c33-25(18-7-8-27-22(14-18)32-9-11-36-12-10-32)31-19-4-1-3-17(13-19)15-28-24-20-5-2-6-21(26(34)35)23(20)29-16-30-24/h1-8,13-14,16H,9-12,15H2,(H,31,33)(H,34,35)(H,28,29,30). The Morgan fingerprint density at radius 1 is 1.00 bits per heavy atom. The summed E-state index contributed by atoms with van der Waals surface area (Å²) < 4.78 is 5.39. The van der Waals surface area contributed by atoms with Crippen molar-refractivity contribution in [3.63, 3.8) is 0 Å². The second kappa shape index (κ2) is 10.4. The third-order valence-electron chi connectivity index (χ3n) is 5.88. The summed E-state index contributed by atoms with van der Waals surface area (Å²) in [5.74, 6) is 0.0250. The first-order chi connectivity index (χ1) is 17.6. The molecule has 2 aromatic carbocycles. The molecule has 1 saturated heterocycles. The van der Waals surface area contributed by atoms with Crippen LogP contribution in [0.1, 0.15) is 26.3 Å². The highest BCUT2D eigenvalue weighted by Gasteiger charge is 2.15. The van der Waals surface area contributed by atoms with Crippen LogP contribution in [0.4, 0.5) is 17.3 Å². The van der Waals surface area contributed by atoms with Crippen LogP contribution in [0, 0.1) is 0 Å². The molecule has 0 atom stereocenters. The van der Waals surface area contributed by atoms with Gasteiger partial charge in [-0.05, 0) is 42.0 Å². The minimum Gasteiger partial charge on any atom is -0.478 e. The number of carboxylic acid groups (broad SMARTS) is 1. The molecule has 2 aromatic heterocycles. The summed E-state index contributed by atoms with van der Waals surface area (Å²) >= 11 is 0. The van der Waals surface area contributed by atoms with E-state index in [1.54, 1.807) is 30.5 Å². The van der Waals surface area contributed by atoms with E-state index in [2.05, 4.69) is 30.5 Å². The average molecular weight is 485 g/mol. The van der Waals surface area contributed by atoms with Crippen LogP contribution in [0.2, 0.25) is 0 Å². The van der Waals surface area contributed by atoms with Crippen molar-refractivity contribution in [1.82, 2.24) is 15.0 Å². The number of amides is 1. The number of pyridine rings is 1. The number of aromatic nitrogens is 3. The predicted molar refractivity (Wildman–Crippen MR) is 135 cm³/mol. The predicted octanol–water partition coefficient (Wildman–Crippen LogP) is 3.42. The minimum absolute atomic E-state index is 0.121. The van der Waals surface area contributed by atoms with Crippen molar-refractivity contribution in [3.8, 4) is 0 Å². The summed E-state index contributed by atoms with van der Waals surface area (Å²) in [5.41, 5.74) is 2.59. The zero-order chi connectivity index (χ0) is 24.9. The Morgan fingerprint density at radius 3 is 2.67 bits per heavy atom. The molecule has 10 nitrogen and oxygen atoms in total. The average Bonchev–Trinajstić information content (AvgIpc) is 2.92. The van der Waals surface area contributed by atoms with Gasteiger partial charge in [0.2, 0.25) is 0 Å². The normalized spacial score (nSPS) is 13.4. The number of ether oxygens (including phenoxy) is 1.